The predicted molar refractivity (Wildman–Crippen MR) is 77.2 cm³/mol. The number of carbonyl (C=O) groups excluding carboxylic acids is 1. The average molecular weight is 269 g/mol. The number of hydrogen-bond acceptors (Lipinski definition) is 3. The molecule has 3 aromatic rings. The second kappa shape index (κ2) is 5.07. The first kappa shape index (κ1) is 11.7. The van der Waals surface area contributed by atoms with Gasteiger partial charge in [0.2, 0.25) is 5.91 Å². The molecule has 0 radical (unpaired) electrons. The molecule has 0 spiro atoms. The molecule has 4 nitrogen and oxygen atoms in total. The normalized spacial score (nSPS) is 11.2. The van der Waals surface area contributed by atoms with Crippen molar-refractivity contribution in [3.63, 3.8) is 0 Å². The van der Waals surface area contributed by atoms with Gasteiger partial charge in [-0.05, 0) is 18.2 Å². The number of aromatic nitrogens is 2. The minimum atomic E-state index is -0.156. The number of benzene rings is 1. The first-order valence-electron chi connectivity index (χ1n) is 5.77. The molecule has 94 valence electrons. The molecule has 0 atom stereocenters. The summed E-state index contributed by atoms with van der Waals surface area (Å²) in [6.07, 6.45) is 6.94. The molecule has 0 aliphatic rings. The van der Waals surface area contributed by atoms with Gasteiger partial charge in [0.15, 0.2) is 4.96 Å². The van der Waals surface area contributed by atoms with E-state index in [2.05, 4.69) is 10.3 Å². The van der Waals surface area contributed by atoms with Crippen LogP contribution < -0.4 is 5.32 Å². The highest BCUT2D eigenvalue weighted by Gasteiger charge is 2.01. The zero-order chi connectivity index (χ0) is 13.1. The van der Waals surface area contributed by atoms with Crippen LogP contribution in [0.4, 0.5) is 5.69 Å². The van der Waals surface area contributed by atoms with E-state index < -0.39 is 0 Å². The van der Waals surface area contributed by atoms with Gasteiger partial charge in [0.25, 0.3) is 0 Å². The lowest BCUT2D eigenvalue weighted by atomic mass is 10.3. The average Bonchev–Trinajstić information content (AvgIpc) is 3.01. The Morgan fingerprint density at radius 3 is 3.00 bits per heavy atom. The van der Waals surface area contributed by atoms with Crippen LogP contribution in [0.2, 0.25) is 0 Å². The Balaban J connectivity index is 1.73. The van der Waals surface area contributed by atoms with E-state index in [0.717, 1.165) is 16.3 Å². The number of para-hydroxylation sites is 1. The molecule has 0 aliphatic heterocycles. The Hall–Kier alpha value is -2.40. The number of anilines is 1. The largest absolute Gasteiger partial charge is 0.323 e. The Kier molecular flexibility index (Phi) is 3.12. The molecule has 5 heteroatoms. The van der Waals surface area contributed by atoms with Crippen LogP contribution in [0.5, 0.6) is 0 Å². The number of nitrogens with one attached hydrogen (secondary N) is 1. The molecule has 0 saturated carbocycles. The molecule has 1 N–H and O–H groups in total. The topological polar surface area (TPSA) is 46.4 Å². The fraction of sp³-hybridized carbons (Fsp3) is 0. The van der Waals surface area contributed by atoms with Gasteiger partial charge in [-0.25, -0.2) is 4.98 Å². The number of fused-ring (bicyclic) bond motifs is 1. The summed E-state index contributed by atoms with van der Waals surface area (Å²) >= 11 is 1.56. The highest BCUT2D eigenvalue weighted by atomic mass is 32.1. The zero-order valence-corrected chi connectivity index (χ0v) is 10.8. The van der Waals surface area contributed by atoms with Crippen LogP contribution in [-0.2, 0) is 4.79 Å². The van der Waals surface area contributed by atoms with E-state index in [1.807, 2.05) is 46.3 Å². The van der Waals surface area contributed by atoms with Gasteiger partial charge in [-0.1, -0.05) is 18.2 Å². The van der Waals surface area contributed by atoms with Gasteiger partial charge < -0.3 is 5.32 Å². The molecule has 0 fully saturated rings. The van der Waals surface area contributed by atoms with Crippen molar-refractivity contribution in [2.24, 2.45) is 0 Å². The molecule has 2 aromatic heterocycles. The smallest absolute Gasteiger partial charge is 0.248 e. The number of thiazole rings is 1. The lowest BCUT2D eigenvalue weighted by Gasteiger charge is -2.00. The van der Waals surface area contributed by atoms with Gasteiger partial charge >= 0.3 is 0 Å². The zero-order valence-electron chi connectivity index (χ0n) is 9.98. The quantitative estimate of drug-likeness (QED) is 0.743. The van der Waals surface area contributed by atoms with Gasteiger partial charge in [0, 0.05) is 23.3 Å². The Morgan fingerprint density at radius 1 is 1.32 bits per heavy atom. The van der Waals surface area contributed by atoms with Crippen molar-refractivity contribution >= 4 is 34.0 Å². The van der Waals surface area contributed by atoms with Gasteiger partial charge in [-0.3, -0.25) is 9.20 Å². The Labute approximate surface area is 114 Å². The number of rotatable bonds is 3. The van der Waals surface area contributed by atoms with Crippen molar-refractivity contribution in [1.82, 2.24) is 9.38 Å². The molecular formula is C14H11N3OS. The summed E-state index contributed by atoms with van der Waals surface area (Å²) in [6, 6.07) is 9.37. The summed E-state index contributed by atoms with van der Waals surface area (Å²) in [5, 5.41) is 4.76. The second-order valence-corrected chi connectivity index (χ2v) is 4.80. The summed E-state index contributed by atoms with van der Waals surface area (Å²) in [5.41, 5.74) is 1.67. The molecule has 1 aromatic carbocycles. The molecule has 19 heavy (non-hydrogen) atoms. The van der Waals surface area contributed by atoms with Crippen molar-refractivity contribution in [2.45, 2.75) is 0 Å². The number of hydrogen-bond donors (Lipinski definition) is 1. The standard InChI is InChI=1S/C14H11N3OS/c18-13(16-11-4-2-1-3-5-11)7-6-12-10-15-14-17(12)8-9-19-14/h1-10H,(H,16,18)/b7-6+. The summed E-state index contributed by atoms with van der Waals surface area (Å²) in [4.78, 5) is 16.9. The van der Waals surface area contributed by atoms with Crippen molar-refractivity contribution < 1.29 is 4.79 Å². The molecular weight excluding hydrogens is 258 g/mol. The van der Waals surface area contributed by atoms with Crippen LogP contribution in [0, 0.1) is 0 Å². The van der Waals surface area contributed by atoms with E-state index in [1.54, 1.807) is 23.6 Å². The van der Waals surface area contributed by atoms with Gasteiger partial charge in [0.1, 0.15) is 0 Å². The Bertz CT molecular complexity index is 727. The first-order valence-corrected chi connectivity index (χ1v) is 6.65. The van der Waals surface area contributed by atoms with Crippen LogP contribution >= 0.6 is 11.3 Å². The highest BCUT2D eigenvalue weighted by Crippen LogP contribution is 2.13. The van der Waals surface area contributed by atoms with E-state index in [4.69, 9.17) is 0 Å². The monoisotopic (exact) mass is 269 g/mol. The number of amides is 1. The second-order valence-electron chi connectivity index (χ2n) is 3.93. The minimum absolute atomic E-state index is 0.156. The van der Waals surface area contributed by atoms with Gasteiger partial charge in [-0.2, -0.15) is 0 Å². The SMILES string of the molecule is O=C(/C=C/c1cnc2sccn12)Nc1ccccc1. The maximum absolute atomic E-state index is 11.8. The van der Waals surface area contributed by atoms with E-state index in [9.17, 15) is 4.79 Å². The predicted octanol–water partition coefficient (Wildman–Crippen LogP) is 3.05. The summed E-state index contributed by atoms with van der Waals surface area (Å²) < 4.78 is 1.94. The third-order valence-corrected chi connectivity index (χ3v) is 3.39. The van der Waals surface area contributed by atoms with E-state index in [1.165, 1.54) is 6.08 Å². The molecule has 0 saturated heterocycles. The lowest BCUT2D eigenvalue weighted by molar-refractivity contribution is -0.111. The van der Waals surface area contributed by atoms with Crippen LogP contribution in [0.15, 0.2) is 54.2 Å². The lowest BCUT2D eigenvalue weighted by Crippen LogP contribution is -2.07. The highest BCUT2D eigenvalue weighted by molar-refractivity contribution is 7.15. The van der Waals surface area contributed by atoms with Crippen LogP contribution in [0.1, 0.15) is 5.69 Å². The summed E-state index contributed by atoms with van der Waals surface area (Å²) in [5.74, 6) is -0.156. The molecule has 0 bridgehead atoms. The molecule has 2 heterocycles. The molecule has 0 unspecified atom stereocenters. The fourth-order valence-electron chi connectivity index (χ4n) is 1.74. The van der Waals surface area contributed by atoms with Crippen molar-refractivity contribution in [1.29, 1.82) is 0 Å². The summed E-state index contributed by atoms with van der Waals surface area (Å²) in [7, 11) is 0. The van der Waals surface area contributed by atoms with Crippen molar-refractivity contribution in [3.8, 4) is 0 Å². The van der Waals surface area contributed by atoms with E-state index in [0.29, 0.717) is 0 Å². The van der Waals surface area contributed by atoms with Crippen LogP contribution in [-0.4, -0.2) is 15.3 Å². The molecule has 3 rings (SSSR count). The van der Waals surface area contributed by atoms with E-state index in [-0.39, 0.29) is 5.91 Å². The molecule has 0 aliphatic carbocycles. The van der Waals surface area contributed by atoms with Crippen molar-refractivity contribution in [2.75, 3.05) is 5.32 Å². The first-order chi connectivity index (χ1) is 9.33. The van der Waals surface area contributed by atoms with Crippen LogP contribution in [0.25, 0.3) is 11.0 Å². The van der Waals surface area contributed by atoms with E-state index >= 15 is 0 Å². The third kappa shape index (κ3) is 2.56. The molecule has 1 amide bonds. The minimum Gasteiger partial charge on any atom is -0.323 e. The number of nitrogens with zero attached hydrogens (tertiary/aromatic N) is 2. The number of carbonyl (C=O) groups is 1. The van der Waals surface area contributed by atoms with Gasteiger partial charge in [-0.15, -0.1) is 11.3 Å². The number of imidazole rings is 1. The van der Waals surface area contributed by atoms with Crippen molar-refractivity contribution in [3.05, 3.63) is 59.9 Å². The maximum Gasteiger partial charge on any atom is 0.248 e. The maximum atomic E-state index is 11.8. The Morgan fingerprint density at radius 2 is 2.16 bits per heavy atom. The summed E-state index contributed by atoms with van der Waals surface area (Å²) in [6.45, 7) is 0. The van der Waals surface area contributed by atoms with Gasteiger partial charge in [0.05, 0.1) is 11.9 Å². The fourth-order valence-corrected chi connectivity index (χ4v) is 2.43. The third-order valence-electron chi connectivity index (χ3n) is 2.62. The van der Waals surface area contributed by atoms with Crippen LogP contribution in [0.3, 0.4) is 0 Å².